The second-order valence-corrected chi connectivity index (χ2v) is 5.87. The van der Waals surface area contributed by atoms with Crippen LogP contribution in [0.4, 0.5) is 0 Å². The van der Waals surface area contributed by atoms with E-state index in [1.165, 1.54) is 25.7 Å². The zero-order valence-corrected chi connectivity index (χ0v) is 10.4. The molecule has 0 spiro atoms. The van der Waals surface area contributed by atoms with Crippen LogP contribution in [0, 0.1) is 17.3 Å². The fourth-order valence-corrected chi connectivity index (χ4v) is 3.39. The van der Waals surface area contributed by atoms with Crippen LogP contribution in [-0.2, 0) is 4.74 Å². The molecule has 0 bridgehead atoms. The molecule has 0 aromatic rings. The third-order valence-corrected chi connectivity index (χ3v) is 3.89. The van der Waals surface area contributed by atoms with Crippen LogP contribution in [-0.4, -0.2) is 26.3 Å². The van der Waals surface area contributed by atoms with E-state index in [2.05, 4.69) is 26.2 Å². The first-order valence-electron chi connectivity index (χ1n) is 6.44. The smallest absolute Gasteiger partial charge is 0.0672 e. The number of rotatable bonds is 5. The summed E-state index contributed by atoms with van der Waals surface area (Å²) < 4.78 is 6.01. The fourth-order valence-electron chi connectivity index (χ4n) is 3.39. The molecule has 15 heavy (non-hydrogen) atoms. The normalized spacial score (nSPS) is 36.4. The predicted octanol–water partition coefficient (Wildman–Crippen LogP) is 2.44. The monoisotopic (exact) mass is 211 g/mol. The van der Waals surface area contributed by atoms with Crippen LogP contribution in [0.1, 0.15) is 39.5 Å². The average Bonchev–Trinajstić information content (AvgIpc) is 2.90. The van der Waals surface area contributed by atoms with Crippen molar-refractivity contribution in [3.8, 4) is 0 Å². The zero-order valence-electron chi connectivity index (χ0n) is 10.4. The molecule has 2 nitrogen and oxygen atoms in total. The van der Waals surface area contributed by atoms with Gasteiger partial charge in [0, 0.05) is 18.6 Å². The first-order chi connectivity index (χ1) is 7.18. The second kappa shape index (κ2) is 4.42. The summed E-state index contributed by atoms with van der Waals surface area (Å²) in [6.45, 7) is 6.78. The maximum Gasteiger partial charge on any atom is 0.0672 e. The number of nitrogens with one attached hydrogen (secondary N) is 1. The van der Waals surface area contributed by atoms with Gasteiger partial charge in [0.15, 0.2) is 0 Å². The summed E-state index contributed by atoms with van der Waals surface area (Å²) in [4.78, 5) is 0. The quantitative estimate of drug-likeness (QED) is 0.754. The van der Waals surface area contributed by atoms with E-state index in [4.69, 9.17) is 4.74 Å². The van der Waals surface area contributed by atoms with Crippen LogP contribution in [0.2, 0.25) is 0 Å². The standard InChI is InChI=1S/C13H25NO/c1-10(2)8-13(9-14-3)6-7-15-12(13)11-4-5-11/h10-12,14H,4-9H2,1-3H3. The van der Waals surface area contributed by atoms with Crippen molar-refractivity contribution in [2.45, 2.75) is 45.6 Å². The maximum atomic E-state index is 6.01. The molecule has 0 aromatic heterocycles. The van der Waals surface area contributed by atoms with Crippen molar-refractivity contribution < 1.29 is 4.74 Å². The lowest BCUT2D eigenvalue weighted by Crippen LogP contribution is -2.41. The van der Waals surface area contributed by atoms with Gasteiger partial charge in [-0.3, -0.25) is 0 Å². The fraction of sp³-hybridized carbons (Fsp3) is 1.00. The van der Waals surface area contributed by atoms with Crippen LogP contribution in [0.3, 0.4) is 0 Å². The number of hydrogen-bond donors (Lipinski definition) is 1. The van der Waals surface area contributed by atoms with Gasteiger partial charge in [-0.2, -0.15) is 0 Å². The highest BCUT2D eigenvalue weighted by atomic mass is 16.5. The highest BCUT2D eigenvalue weighted by Gasteiger charge is 2.50. The van der Waals surface area contributed by atoms with Crippen LogP contribution in [0.25, 0.3) is 0 Å². The zero-order chi connectivity index (χ0) is 10.9. The lowest BCUT2D eigenvalue weighted by Gasteiger charge is -2.35. The summed E-state index contributed by atoms with van der Waals surface area (Å²) in [5, 5.41) is 3.39. The highest BCUT2D eigenvalue weighted by Crippen LogP contribution is 2.50. The molecule has 2 unspecified atom stereocenters. The van der Waals surface area contributed by atoms with Gasteiger partial charge in [-0.25, -0.2) is 0 Å². The molecular formula is C13H25NO. The molecule has 2 heteroatoms. The van der Waals surface area contributed by atoms with Crippen molar-refractivity contribution in [2.75, 3.05) is 20.2 Å². The summed E-state index contributed by atoms with van der Waals surface area (Å²) in [6.07, 6.45) is 5.91. The van der Waals surface area contributed by atoms with E-state index in [-0.39, 0.29) is 0 Å². The third kappa shape index (κ3) is 2.36. The topological polar surface area (TPSA) is 21.3 Å². The largest absolute Gasteiger partial charge is 0.377 e. The lowest BCUT2D eigenvalue weighted by molar-refractivity contribution is 0.0216. The van der Waals surface area contributed by atoms with Crippen molar-refractivity contribution in [3.63, 3.8) is 0 Å². The van der Waals surface area contributed by atoms with E-state index in [1.54, 1.807) is 0 Å². The average molecular weight is 211 g/mol. The molecule has 1 saturated heterocycles. The van der Waals surface area contributed by atoms with Gasteiger partial charge in [-0.05, 0) is 44.6 Å². The summed E-state index contributed by atoms with van der Waals surface area (Å²) >= 11 is 0. The van der Waals surface area contributed by atoms with Gasteiger partial charge in [0.2, 0.25) is 0 Å². The summed E-state index contributed by atoms with van der Waals surface area (Å²) in [5.41, 5.74) is 0.435. The van der Waals surface area contributed by atoms with Crippen molar-refractivity contribution in [1.82, 2.24) is 5.32 Å². The summed E-state index contributed by atoms with van der Waals surface area (Å²) in [5.74, 6) is 1.65. The minimum absolute atomic E-state index is 0.435. The van der Waals surface area contributed by atoms with Gasteiger partial charge in [-0.15, -0.1) is 0 Å². The van der Waals surface area contributed by atoms with Crippen molar-refractivity contribution in [2.24, 2.45) is 17.3 Å². The molecule has 1 heterocycles. The molecule has 0 aromatic carbocycles. The highest BCUT2D eigenvalue weighted by molar-refractivity contribution is 5.00. The van der Waals surface area contributed by atoms with Gasteiger partial charge in [0.1, 0.15) is 0 Å². The third-order valence-electron chi connectivity index (χ3n) is 3.89. The van der Waals surface area contributed by atoms with Gasteiger partial charge in [-0.1, -0.05) is 13.8 Å². The van der Waals surface area contributed by atoms with Crippen LogP contribution >= 0.6 is 0 Å². The maximum absolute atomic E-state index is 6.01. The Balaban J connectivity index is 2.07. The van der Waals surface area contributed by atoms with Gasteiger partial charge in [0.05, 0.1) is 6.10 Å². The van der Waals surface area contributed by atoms with Crippen molar-refractivity contribution in [3.05, 3.63) is 0 Å². The van der Waals surface area contributed by atoms with Crippen molar-refractivity contribution in [1.29, 1.82) is 0 Å². The Kier molecular flexibility index (Phi) is 3.36. The molecule has 0 radical (unpaired) electrons. The molecule has 1 aliphatic carbocycles. The molecule has 1 N–H and O–H groups in total. The van der Waals surface area contributed by atoms with E-state index in [9.17, 15) is 0 Å². The molecule has 1 saturated carbocycles. The van der Waals surface area contributed by atoms with Gasteiger partial charge < -0.3 is 10.1 Å². The number of hydrogen-bond acceptors (Lipinski definition) is 2. The second-order valence-electron chi connectivity index (χ2n) is 5.87. The Hall–Kier alpha value is -0.0800. The van der Waals surface area contributed by atoms with E-state index < -0.39 is 0 Å². The SMILES string of the molecule is CNCC1(CC(C)C)CCOC1C1CC1. The Labute approximate surface area is 93.8 Å². The van der Waals surface area contributed by atoms with Gasteiger partial charge >= 0.3 is 0 Å². The van der Waals surface area contributed by atoms with Crippen molar-refractivity contribution >= 4 is 0 Å². The molecular weight excluding hydrogens is 186 g/mol. The van der Waals surface area contributed by atoms with Crippen LogP contribution in [0.5, 0.6) is 0 Å². The molecule has 2 atom stereocenters. The minimum Gasteiger partial charge on any atom is -0.377 e. The summed E-state index contributed by atoms with van der Waals surface area (Å²) in [6, 6.07) is 0. The van der Waals surface area contributed by atoms with Gasteiger partial charge in [0.25, 0.3) is 0 Å². The molecule has 2 aliphatic rings. The Bertz CT molecular complexity index is 213. The lowest BCUT2D eigenvalue weighted by atomic mass is 9.73. The molecule has 1 aliphatic heterocycles. The van der Waals surface area contributed by atoms with Crippen LogP contribution < -0.4 is 5.32 Å². The van der Waals surface area contributed by atoms with E-state index in [1.807, 2.05) is 0 Å². The Morgan fingerprint density at radius 2 is 2.13 bits per heavy atom. The predicted molar refractivity (Wildman–Crippen MR) is 62.9 cm³/mol. The number of ether oxygens (including phenoxy) is 1. The molecule has 2 fully saturated rings. The summed E-state index contributed by atoms with van der Waals surface area (Å²) in [7, 11) is 2.07. The molecule has 0 amide bonds. The first-order valence-corrected chi connectivity index (χ1v) is 6.44. The molecule has 2 rings (SSSR count). The first kappa shape index (κ1) is 11.4. The Morgan fingerprint density at radius 3 is 2.67 bits per heavy atom. The Morgan fingerprint density at radius 1 is 1.40 bits per heavy atom. The molecule has 88 valence electrons. The minimum atomic E-state index is 0.435. The van der Waals surface area contributed by atoms with E-state index in [0.29, 0.717) is 11.5 Å². The van der Waals surface area contributed by atoms with E-state index >= 15 is 0 Å². The van der Waals surface area contributed by atoms with Crippen LogP contribution in [0.15, 0.2) is 0 Å². The van der Waals surface area contributed by atoms with E-state index in [0.717, 1.165) is 25.0 Å².